The van der Waals surface area contributed by atoms with Gasteiger partial charge in [-0.2, -0.15) is 0 Å². The van der Waals surface area contributed by atoms with E-state index in [1.165, 1.54) is 24.0 Å². The van der Waals surface area contributed by atoms with E-state index in [9.17, 15) is 0 Å². The normalized spacial score (nSPS) is 23.0. The van der Waals surface area contributed by atoms with Crippen LogP contribution in [0.15, 0.2) is 24.3 Å². The molecule has 1 aromatic rings. The molecule has 2 unspecified atom stereocenters. The first kappa shape index (κ1) is 11.9. The fourth-order valence-electron chi connectivity index (χ4n) is 2.14. The van der Waals surface area contributed by atoms with Gasteiger partial charge in [0.2, 0.25) is 0 Å². The number of benzene rings is 1. The third kappa shape index (κ3) is 3.23. The molecule has 1 heterocycles. The van der Waals surface area contributed by atoms with E-state index in [0.717, 1.165) is 19.4 Å². The SMILES string of the molecule is Cc1ccc(C(Cl)CC2CCCCO2)cc1. The first-order chi connectivity index (χ1) is 7.75. The quantitative estimate of drug-likeness (QED) is 0.716. The van der Waals surface area contributed by atoms with Crippen molar-refractivity contribution in [3.63, 3.8) is 0 Å². The van der Waals surface area contributed by atoms with Gasteiger partial charge in [0.15, 0.2) is 0 Å². The van der Waals surface area contributed by atoms with Gasteiger partial charge in [0.25, 0.3) is 0 Å². The summed E-state index contributed by atoms with van der Waals surface area (Å²) in [4.78, 5) is 0. The molecule has 1 aliphatic heterocycles. The molecule has 0 spiro atoms. The monoisotopic (exact) mass is 238 g/mol. The first-order valence-electron chi connectivity index (χ1n) is 6.08. The fraction of sp³-hybridized carbons (Fsp3) is 0.571. The van der Waals surface area contributed by atoms with Crippen molar-refractivity contribution in [1.29, 1.82) is 0 Å². The molecule has 0 aliphatic carbocycles. The van der Waals surface area contributed by atoms with E-state index in [4.69, 9.17) is 16.3 Å². The molecule has 1 fully saturated rings. The summed E-state index contributed by atoms with van der Waals surface area (Å²) in [5.74, 6) is 0. The van der Waals surface area contributed by atoms with Crippen LogP contribution in [0.2, 0.25) is 0 Å². The van der Waals surface area contributed by atoms with Gasteiger partial charge in [-0.25, -0.2) is 0 Å². The molecule has 1 aliphatic rings. The maximum absolute atomic E-state index is 6.41. The maximum Gasteiger partial charge on any atom is 0.0609 e. The van der Waals surface area contributed by atoms with Crippen LogP contribution in [0, 0.1) is 6.92 Å². The van der Waals surface area contributed by atoms with Crippen molar-refractivity contribution >= 4 is 11.6 Å². The molecular weight excluding hydrogens is 220 g/mol. The lowest BCUT2D eigenvalue weighted by atomic mass is 10.0. The van der Waals surface area contributed by atoms with Gasteiger partial charge in [0, 0.05) is 6.61 Å². The highest BCUT2D eigenvalue weighted by Crippen LogP contribution is 2.29. The average molecular weight is 239 g/mol. The van der Waals surface area contributed by atoms with Crippen LogP contribution in [-0.2, 0) is 4.74 Å². The predicted octanol–water partition coefficient (Wildman–Crippen LogP) is 4.23. The van der Waals surface area contributed by atoms with Gasteiger partial charge in [0.1, 0.15) is 0 Å². The fourth-order valence-corrected chi connectivity index (χ4v) is 2.48. The van der Waals surface area contributed by atoms with E-state index in [1.807, 2.05) is 0 Å². The zero-order valence-electron chi connectivity index (χ0n) is 9.79. The highest BCUT2D eigenvalue weighted by molar-refractivity contribution is 6.20. The standard InChI is InChI=1S/C14H19ClO/c1-11-5-7-12(8-6-11)14(15)10-13-4-2-3-9-16-13/h5-8,13-14H,2-4,9-10H2,1H3. The van der Waals surface area contributed by atoms with Crippen LogP contribution < -0.4 is 0 Å². The Labute approximate surface area is 103 Å². The third-order valence-corrected chi connectivity index (χ3v) is 3.61. The highest BCUT2D eigenvalue weighted by Gasteiger charge is 2.19. The van der Waals surface area contributed by atoms with E-state index in [-0.39, 0.29) is 5.38 Å². The van der Waals surface area contributed by atoms with E-state index >= 15 is 0 Å². The summed E-state index contributed by atoms with van der Waals surface area (Å²) in [7, 11) is 0. The van der Waals surface area contributed by atoms with Gasteiger partial charge in [0.05, 0.1) is 11.5 Å². The largest absolute Gasteiger partial charge is 0.378 e. The smallest absolute Gasteiger partial charge is 0.0609 e. The van der Waals surface area contributed by atoms with Gasteiger partial charge in [-0.1, -0.05) is 29.8 Å². The highest BCUT2D eigenvalue weighted by atomic mass is 35.5. The van der Waals surface area contributed by atoms with Gasteiger partial charge in [-0.15, -0.1) is 11.6 Å². The second kappa shape index (κ2) is 5.70. The number of rotatable bonds is 3. The lowest BCUT2D eigenvalue weighted by Crippen LogP contribution is -2.20. The van der Waals surface area contributed by atoms with E-state index in [1.54, 1.807) is 0 Å². The number of halogens is 1. The molecule has 1 aromatic carbocycles. The van der Waals surface area contributed by atoms with Crippen molar-refractivity contribution in [2.45, 2.75) is 44.1 Å². The van der Waals surface area contributed by atoms with Crippen molar-refractivity contribution in [1.82, 2.24) is 0 Å². The molecule has 2 atom stereocenters. The molecule has 0 amide bonds. The van der Waals surface area contributed by atoms with Crippen molar-refractivity contribution in [3.8, 4) is 0 Å². The van der Waals surface area contributed by atoms with Crippen LogP contribution in [0.25, 0.3) is 0 Å². The number of ether oxygens (including phenoxy) is 1. The Kier molecular flexibility index (Phi) is 4.25. The molecule has 2 rings (SSSR count). The first-order valence-corrected chi connectivity index (χ1v) is 6.51. The summed E-state index contributed by atoms with van der Waals surface area (Å²) in [5.41, 5.74) is 2.49. The van der Waals surface area contributed by atoms with Crippen LogP contribution in [0.1, 0.15) is 42.2 Å². The summed E-state index contributed by atoms with van der Waals surface area (Å²) in [6.45, 7) is 3.00. The Balaban J connectivity index is 1.91. The topological polar surface area (TPSA) is 9.23 Å². The Morgan fingerprint density at radius 1 is 1.31 bits per heavy atom. The van der Waals surface area contributed by atoms with Crippen LogP contribution in [-0.4, -0.2) is 12.7 Å². The number of aryl methyl sites for hydroxylation is 1. The summed E-state index contributed by atoms with van der Waals surface area (Å²) in [5, 5.41) is 0.0868. The lowest BCUT2D eigenvalue weighted by molar-refractivity contribution is 0.0107. The van der Waals surface area contributed by atoms with Crippen molar-refractivity contribution < 1.29 is 4.74 Å². The molecule has 88 valence electrons. The average Bonchev–Trinajstić information content (AvgIpc) is 2.31. The van der Waals surface area contributed by atoms with E-state index in [0.29, 0.717) is 6.10 Å². The number of hydrogen-bond donors (Lipinski definition) is 0. The van der Waals surface area contributed by atoms with Crippen molar-refractivity contribution in [3.05, 3.63) is 35.4 Å². The van der Waals surface area contributed by atoms with Crippen LogP contribution in [0.5, 0.6) is 0 Å². The minimum Gasteiger partial charge on any atom is -0.378 e. The summed E-state index contributed by atoms with van der Waals surface area (Å²) >= 11 is 6.41. The van der Waals surface area contributed by atoms with Crippen LogP contribution in [0.3, 0.4) is 0 Å². The zero-order valence-corrected chi connectivity index (χ0v) is 10.5. The van der Waals surface area contributed by atoms with Crippen molar-refractivity contribution in [2.75, 3.05) is 6.61 Å². The summed E-state index contributed by atoms with van der Waals surface area (Å²) < 4.78 is 5.71. The van der Waals surface area contributed by atoms with Gasteiger partial charge < -0.3 is 4.74 Å². The summed E-state index contributed by atoms with van der Waals surface area (Å²) in [6.07, 6.45) is 4.94. The summed E-state index contributed by atoms with van der Waals surface area (Å²) in [6, 6.07) is 8.48. The molecular formula is C14H19ClO. The minimum atomic E-state index is 0.0868. The van der Waals surface area contributed by atoms with Crippen molar-refractivity contribution in [2.24, 2.45) is 0 Å². The molecule has 2 heteroatoms. The van der Waals surface area contributed by atoms with E-state index in [2.05, 4.69) is 31.2 Å². The Hall–Kier alpha value is -0.530. The molecule has 0 saturated carbocycles. The Morgan fingerprint density at radius 2 is 2.06 bits per heavy atom. The number of alkyl halides is 1. The molecule has 1 nitrogen and oxygen atoms in total. The number of hydrogen-bond acceptors (Lipinski definition) is 1. The Morgan fingerprint density at radius 3 is 2.69 bits per heavy atom. The predicted molar refractivity (Wildman–Crippen MR) is 68.0 cm³/mol. The van der Waals surface area contributed by atoms with Crippen LogP contribution in [0.4, 0.5) is 0 Å². The molecule has 0 N–H and O–H groups in total. The minimum absolute atomic E-state index is 0.0868. The molecule has 1 saturated heterocycles. The molecule has 0 aromatic heterocycles. The Bertz CT molecular complexity index is 314. The van der Waals surface area contributed by atoms with Gasteiger partial charge in [-0.3, -0.25) is 0 Å². The van der Waals surface area contributed by atoms with Gasteiger partial charge in [-0.05, 0) is 38.2 Å². The molecule has 0 radical (unpaired) electrons. The second-order valence-electron chi connectivity index (χ2n) is 4.60. The molecule has 16 heavy (non-hydrogen) atoms. The second-order valence-corrected chi connectivity index (χ2v) is 5.13. The van der Waals surface area contributed by atoms with E-state index < -0.39 is 0 Å². The zero-order chi connectivity index (χ0) is 11.4. The van der Waals surface area contributed by atoms with Gasteiger partial charge >= 0.3 is 0 Å². The molecule has 0 bridgehead atoms. The van der Waals surface area contributed by atoms with Crippen LogP contribution >= 0.6 is 11.6 Å². The maximum atomic E-state index is 6.41. The lowest BCUT2D eigenvalue weighted by Gasteiger charge is -2.24. The third-order valence-electron chi connectivity index (χ3n) is 3.18.